The van der Waals surface area contributed by atoms with Gasteiger partial charge in [0.2, 0.25) is 0 Å². The summed E-state index contributed by atoms with van der Waals surface area (Å²) in [6, 6.07) is 32.1. The number of aromatic nitrogens is 4. The van der Waals surface area contributed by atoms with E-state index in [9.17, 15) is 4.79 Å². The van der Waals surface area contributed by atoms with Gasteiger partial charge in [-0.15, -0.1) is 0 Å². The molecule has 0 amide bonds. The monoisotopic (exact) mass is 424 g/mol. The summed E-state index contributed by atoms with van der Waals surface area (Å²) in [5, 5.41) is 4.19. The number of rotatable bonds is 3. The van der Waals surface area contributed by atoms with Gasteiger partial charge < -0.3 is 0 Å². The van der Waals surface area contributed by atoms with Crippen molar-refractivity contribution in [3.05, 3.63) is 128 Å². The first kappa shape index (κ1) is 20.5. The average molecular weight is 424 g/mol. The van der Waals surface area contributed by atoms with Gasteiger partial charge in [0.05, 0.1) is 0 Å². The quantitative estimate of drug-likeness (QED) is 0.411. The Kier molecular flexibility index (Phi) is 6.78. The van der Waals surface area contributed by atoms with E-state index in [1.807, 2.05) is 0 Å². The van der Waals surface area contributed by atoms with E-state index in [0.717, 1.165) is 0 Å². The van der Waals surface area contributed by atoms with Crippen molar-refractivity contribution in [2.45, 2.75) is 0 Å². The van der Waals surface area contributed by atoms with Gasteiger partial charge in [-0.1, -0.05) is 91.0 Å². The van der Waals surface area contributed by atoms with E-state index < -0.39 is 7.92 Å². The zero-order chi connectivity index (χ0) is 21.3. The number of carbonyl (C=O) groups excluding carboxylic acids is 1. The van der Waals surface area contributed by atoms with Crippen molar-refractivity contribution < 1.29 is 4.79 Å². The molecule has 0 saturated heterocycles. The maximum Gasteiger partial charge on any atom is 0.338 e. The largest absolute Gasteiger partial charge is 0.338 e. The van der Waals surface area contributed by atoms with Crippen molar-refractivity contribution in [1.29, 1.82) is 0 Å². The van der Waals surface area contributed by atoms with E-state index in [1.165, 1.54) is 37.7 Å². The topological polar surface area (TPSA) is 52.7 Å². The number of benzene rings is 3. The molecule has 0 N–H and O–H groups in total. The SMILES string of the molecule is O=C(n1ccnc1)n1ccnc1.c1ccc(P(c2ccccc2)c2ccccc2)cc1. The molecule has 5 aromatic rings. The lowest BCUT2D eigenvalue weighted by atomic mass is 10.4. The summed E-state index contributed by atoms with van der Waals surface area (Å²) in [6.45, 7) is 0. The molecule has 152 valence electrons. The summed E-state index contributed by atoms with van der Waals surface area (Å²) < 4.78 is 2.75. The highest BCUT2D eigenvalue weighted by Gasteiger charge is 2.15. The first-order valence-corrected chi connectivity index (χ1v) is 11.1. The molecule has 0 aliphatic rings. The van der Waals surface area contributed by atoms with Crippen LogP contribution in [0.4, 0.5) is 4.79 Å². The molecule has 0 radical (unpaired) electrons. The molecule has 3 aromatic carbocycles. The highest BCUT2D eigenvalue weighted by atomic mass is 31.1. The van der Waals surface area contributed by atoms with Crippen LogP contribution in [0.25, 0.3) is 0 Å². The van der Waals surface area contributed by atoms with Gasteiger partial charge in [-0.25, -0.2) is 14.8 Å². The molecular weight excluding hydrogens is 403 g/mol. The number of hydrogen-bond acceptors (Lipinski definition) is 3. The van der Waals surface area contributed by atoms with Crippen LogP contribution in [0.3, 0.4) is 0 Å². The third-order valence-electron chi connectivity index (χ3n) is 4.49. The average Bonchev–Trinajstić information content (AvgIpc) is 3.56. The second kappa shape index (κ2) is 10.3. The van der Waals surface area contributed by atoms with Crippen LogP contribution in [-0.4, -0.2) is 25.1 Å². The van der Waals surface area contributed by atoms with Gasteiger partial charge in [-0.3, -0.25) is 9.13 Å². The summed E-state index contributed by atoms with van der Waals surface area (Å²) >= 11 is 0. The van der Waals surface area contributed by atoms with Gasteiger partial charge in [0.1, 0.15) is 12.7 Å². The summed E-state index contributed by atoms with van der Waals surface area (Å²) in [5.41, 5.74) is 0. The Labute approximate surface area is 182 Å². The summed E-state index contributed by atoms with van der Waals surface area (Å²) in [5.74, 6) is 0. The molecule has 0 fully saturated rings. The van der Waals surface area contributed by atoms with Gasteiger partial charge in [0.25, 0.3) is 0 Å². The zero-order valence-electron chi connectivity index (χ0n) is 16.8. The normalized spacial score (nSPS) is 10.4. The zero-order valence-corrected chi connectivity index (χ0v) is 17.7. The molecule has 2 heterocycles. The summed E-state index contributed by atoms with van der Waals surface area (Å²) in [4.78, 5) is 18.9. The van der Waals surface area contributed by atoms with Crippen molar-refractivity contribution >= 4 is 29.9 Å². The first-order chi connectivity index (χ1) is 15.3. The molecule has 0 bridgehead atoms. The second-order valence-electron chi connectivity index (χ2n) is 6.56. The number of imidazole rings is 2. The van der Waals surface area contributed by atoms with Crippen molar-refractivity contribution in [1.82, 2.24) is 19.1 Å². The number of nitrogens with zero attached hydrogens (tertiary/aromatic N) is 4. The Morgan fingerprint density at radius 2 is 0.935 bits per heavy atom. The van der Waals surface area contributed by atoms with Crippen LogP contribution in [0.15, 0.2) is 128 Å². The van der Waals surface area contributed by atoms with Crippen LogP contribution in [0, 0.1) is 0 Å². The van der Waals surface area contributed by atoms with Gasteiger partial charge in [-0.05, 0) is 23.8 Å². The van der Waals surface area contributed by atoms with Gasteiger partial charge >= 0.3 is 6.03 Å². The lowest BCUT2D eigenvalue weighted by Crippen LogP contribution is -2.20. The molecule has 6 heteroatoms. The van der Waals surface area contributed by atoms with Crippen molar-refractivity contribution in [2.75, 3.05) is 0 Å². The minimum atomic E-state index is -0.446. The Hall–Kier alpha value is -3.82. The fraction of sp³-hybridized carbons (Fsp3) is 0. The van der Waals surface area contributed by atoms with E-state index in [2.05, 4.69) is 101 Å². The molecular formula is C25H21N4OP. The molecule has 0 saturated carbocycles. The predicted molar refractivity (Wildman–Crippen MR) is 126 cm³/mol. The Balaban J connectivity index is 0.000000166. The molecule has 31 heavy (non-hydrogen) atoms. The minimum absolute atomic E-state index is 0.190. The lowest BCUT2D eigenvalue weighted by molar-refractivity contribution is 0.244. The molecule has 0 spiro atoms. The second-order valence-corrected chi connectivity index (χ2v) is 8.78. The Bertz CT molecular complexity index is 1050. The molecule has 2 aromatic heterocycles. The van der Waals surface area contributed by atoms with Gasteiger partial charge in [-0.2, -0.15) is 0 Å². The molecule has 5 rings (SSSR count). The van der Waals surface area contributed by atoms with Crippen LogP contribution < -0.4 is 15.9 Å². The smallest absolute Gasteiger partial charge is 0.257 e. The van der Waals surface area contributed by atoms with Crippen molar-refractivity contribution in [2.24, 2.45) is 0 Å². The highest BCUT2D eigenvalue weighted by molar-refractivity contribution is 7.79. The van der Waals surface area contributed by atoms with Crippen LogP contribution in [-0.2, 0) is 0 Å². The standard InChI is InChI=1S/C18H15P.C7H6N4O/c1-4-10-16(11-5-1)19(17-12-6-2-7-13-17)18-14-8-3-9-15-18;12-7(10-3-1-8-5-10)11-4-2-9-6-11/h1-15H;1-6H. The summed E-state index contributed by atoms with van der Waals surface area (Å²) in [7, 11) is -0.446. The molecule has 0 atom stereocenters. The third-order valence-corrected chi connectivity index (χ3v) is 6.94. The Morgan fingerprint density at radius 3 is 1.23 bits per heavy atom. The van der Waals surface area contributed by atoms with Crippen LogP contribution in [0.1, 0.15) is 0 Å². The third kappa shape index (κ3) is 5.21. The molecule has 0 aliphatic heterocycles. The van der Waals surface area contributed by atoms with Gasteiger partial charge in [0, 0.05) is 24.8 Å². The van der Waals surface area contributed by atoms with E-state index in [-0.39, 0.29) is 6.03 Å². The molecule has 5 nitrogen and oxygen atoms in total. The fourth-order valence-corrected chi connectivity index (χ4v) is 5.36. The highest BCUT2D eigenvalue weighted by Crippen LogP contribution is 2.32. The molecule has 0 aliphatic carbocycles. The van der Waals surface area contributed by atoms with Crippen LogP contribution >= 0.6 is 7.92 Å². The van der Waals surface area contributed by atoms with Crippen LogP contribution in [0.5, 0.6) is 0 Å². The summed E-state index contributed by atoms with van der Waals surface area (Å²) in [6.07, 6.45) is 9.17. The van der Waals surface area contributed by atoms with E-state index in [1.54, 1.807) is 24.8 Å². The van der Waals surface area contributed by atoms with E-state index in [4.69, 9.17) is 0 Å². The minimum Gasteiger partial charge on any atom is -0.257 e. The fourth-order valence-electron chi connectivity index (χ4n) is 3.06. The van der Waals surface area contributed by atoms with Crippen LogP contribution in [0.2, 0.25) is 0 Å². The predicted octanol–water partition coefficient (Wildman–Crippen LogP) is 4.04. The van der Waals surface area contributed by atoms with E-state index >= 15 is 0 Å². The lowest BCUT2D eigenvalue weighted by Gasteiger charge is -2.18. The maximum atomic E-state index is 11.4. The van der Waals surface area contributed by atoms with Gasteiger partial charge in [0.15, 0.2) is 0 Å². The van der Waals surface area contributed by atoms with E-state index in [0.29, 0.717) is 0 Å². The first-order valence-electron chi connectivity index (χ1n) is 9.79. The number of carbonyl (C=O) groups is 1. The maximum absolute atomic E-state index is 11.4. The number of hydrogen-bond donors (Lipinski definition) is 0. The molecule has 0 unspecified atom stereocenters. The Morgan fingerprint density at radius 1 is 0.581 bits per heavy atom. The van der Waals surface area contributed by atoms with Crippen molar-refractivity contribution in [3.63, 3.8) is 0 Å². The van der Waals surface area contributed by atoms with Crippen molar-refractivity contribution in [3.8, 4) is 0 Å².